The predicted molar refractivity (Wildman–Crippen MR) is 87.5 cm³/mol. The molecule has 2 aromatic rings. The second-order valence-corrected chi connectivity index (χ2v) is 6.96. The molecule has 2 aromatic carbocycles. The molecule has 0 spiro atoms. The molecule has 0 aromatic heterocycles. The van der Waals surface area contributed by atoms with Crippen molar-refractivity contribution in [1.82, 2.24) is 5.32 Å². The van der Waals surface area contributed by atoms with Crippen LogP contribution in [0.3, 0.4) is 0 Å². The highest BCUT2D eigenvalue weighted by Gasteiger charge is 2.30. The molecule has 1 aliphatic rings. The lowest BCUT2D eigenvalue weighted by Crippen LogP contribution is -2.35. The normalized spacial score (nSPS) is 21.1. The Bertz CT molecular complexity index is 605. The van der Waals surface area contributed by atoms with Gasteiger partial charge in [0.05, 0.1) is 11.3 Å². The minimum Gasteiger partial charge on any atom is -0.492 e. The molecule has 2 nitrogen and oxygen atoms in total. The highest BCUT2D eigenvalue weighted by atomic mass is 79.9. The third-order valence-corrected chi connectivity index (χ3v) is 5.15. The average Bonchev–Trinajstić information content (AvgIpc) is 2.47. The average molecular weight is 350 g/mol. The molecule has 1 aliphatic heterocycles. The maximum absolute atomic E-state index is 5.90. The summed E-state index contributed by atoms with van der Waals surface area (Å²) in [7, 11) is 2.02. The maximum atomic E-state index is 5.90. The van der Waals surface area contributed by atoms with E-state index >= 15 is 0 Å². The van der Waals surface area contributed by atoms with Crippen LogP contribution in [0, 0.1) is 0 Å². The number of halogens is 1. The molecule has 0 bridgehead atoms. The SMILES string of the molecule is CNC1c2ccccc2OCC1Sc1cccc(Br)c1. The van der Waals surface area contributed by atoms with Gasteiger partial charge in [-0.15, -0.1) is 11.8 Å². The molecular weight excluding hydrogens is 334 g/mol. The highest BCUT2D eigenvalue weighted by Crippen LogP contribution is 2.39. The molecule has 2 atom stereocenters. The Labute approximate surface area is 132 Å². The van der Waals surface area contributed by atoms with E-state index in [0.717, 1.165) is 16.8 Å². The van der Waals surface area contributed by atoms with Crippen molar-refractivity contribution in [3.05, 3.63) is 58.6 Å². The summed E-state index contributed by atoms with van der Waals surface area (Å²) in [5.74, 6) is 0.998. The van der Waals surface area contributed by atoms with Gasteiger partial charge in [-0.25, -0.2) is 0 Å². The maximum Gasteiger partial charge on any atom is 0.124 e. The van der Waals surface area contributed by atoms with E-state index in [9.17, 15) is 0 Å². The zero-order valence-electron chi connectivity index (χ0n) is 11.2. The van der Waals surface area contributed by atoms with Crippen LogP contribution >= 0.6 is 27.7 Å². The van der Waals surface area contributed by atoms with Crippen LogP contribution in [0.15, 0.2) is 57.9 Å². The lowest BCUT2D eigenvalue weighted by molar-refractivity contribution is 0.265. The van der Waals surface area contributed by atoms with Crippen LogP contribution in [0.2, 0.25) is 0 Å². The van der Waals surface area contributed by atoms with Crippen LogP contribution in [0.25, 0.3) is 0 Å². The minimum absolute atomic E-state index is 0.309. The van der Waals surface area contributed by atoms with Crippen LogP contribution in [0.5, 0.6) is 5.75 Å². The summed E-state index contributed by atoms with van der Waals surface area (Å²) in [6, 6.07) is 17.0. The summed E-state index contributed by atoms with van der Waals surface area (Å²) in [4.78, 5) is 1.26. The topological polar surface area (TPSA) is 21.3 Å². The van der Waals surface area contributed by atoms with E-state index in [1.165, 1.54) is 10.5 Å². The van der Waals surface area contributed by atoms with Crippen LogP contribution in [0.1, 0.15) is 11.6 Å². The fraction of sp³-hybridized carbons (Fsp3) is 0.250. The number of hydrogen-bond donors (Lipinski definition) is 1. The number of thioether (sulfide) groups is 1. The van der Waals surface area contributed by atoms with Crippen LogP contribution in [-0.4, -0.2) is 18.9 Å². The van der Waals surface area contributed by atoms with E-state index in [1.54, 1.807) is 0 Å². The summed E-state index contributed by atoms with van der Waals surface area (Å²) in [6.45, 7) is 0.722. The lowest BCUT2D eigenvalue weighted by atomic mass is 10.0. The van der Waals surface area contributed by atoms with E-state index in [0.29, 0.717) is 11.3 Å². The monoisotopic (exact) mass is 349 g/mol. The lowest BCUT2D eigenvalue weighted by Gasteiger charge is -2.33. The third kappa shape index (κ3) is 2.87. The van der Waals surface area contributed by atoms with Gasteiger partial charge in [0.15, 0.2) is 0 Å². The van der Waals surface area contributed by atoms with Gasteiger partial charge in [0.25, 0.3) is 0 Å². The van der Waals surface area contributed by atoms with Gasteiger partial charge in [-0.05, 0) is 31.3 Å². The molecular formula is C16H16BrNOS. The van der Waals surface area contributed by atoms with E-state index in [4.69, 9.17) is 4.74 Å². The molecule has 0 amide bonds. The predicted octanol–water partition coefficient (Wildman–Crippen LogP) is 4.26. The highest BCUT2D eigenvalue weighted by molar-refractivity contribution is 9.10. The van der Waals surface area contributed by atoms with Gasteiger partial charge in [0, 0.05) is 14.9 Å². The first-order chi connectivity index (χ1) is 9.78. The zero-order valence-corrected chi connectivity index (χ0v) is 13.6. The number of benzene rings is 2. The zero-order chi connectivity index (χ0) is 13.9. The summed E-state index contributed by atoms with van der Waals surface area (Å²) in [5.41, 5.74) is 1.24. The minimum atomic E-state index is 0.309. The van der Waals surface area contributed by atoms with E-state index < -0.39 is 0 Å². The Morgan fingerprint density at radius 1 is 1.20 bits per heavy atom. The quantitative estimate of drug-likeness (QED) is 0.894. The van der Waals surface area contributed by atoms with Gasteiger partial charge in [0.1, 0.15) is 12.4 Å². The Hall–Kier alpha value is -0.970. The van der Waals surface area contributed by atoms with Crippen molar-refractivity contribution in [2.75, 3.05) is 13.7 Å². The van der Waals surface area contributed by atoms with E-state index in [-0.39, 0.29) is 0 Å². The number of para-hydroxylation sites is 1. The van der Waals surface area contributed by atoms with Crippen LogP contribution in [0.4, 0.5) is 0 Å². The molecule has 0 aliphatic carbocycles. The molecule has 4 heteroatoms. The number of fused-ring (bicyclic) bond motifs is 1. The summed E-state index contributed by atoms with van der Waals surface area (Å²) in [6.07, 6.45) is 0. The summed E-state index contributed by atoms with van der Waals surface area (Å²) < 4.78 is 7.01. The number of rotatable bonds is 3. The molecule has 0 saturated carbocycles. The number of nitrogens with one attached hydrogen (secondary N) is 1. The molecule has 1 N–H and O–H groups in total. The van der Waals surface area contributed by atoms with Gasteiger partial charge in [-0.2, -0.15) is 0 Å². The molecule has 0 fully saturated rings. The van der Waals surface area contributed by atoms with Gasteiger partial charge in [0.2, 0.25) is 0 Å². The first kappa shape index (κ1) is 14.0. The van der Waals surface area contributed by atoms with Crippen molar-refractivity contribution >= 4 is 27.7 Å². The van der Waals surface area contributed by atoms with Crippen LogP contribution in [-0.2, 0) is 0 Å². The molecule has 0 radical (unpaired) electrons. The second-order valence-electron chi connectivity index (χ2n) is 4.73. The standard InChI is InChI=1S/C16H16BrNOS/c1-18-16-13-7-2-3-8-14(13)19-10-15(16)20-12-6-4-5-11(17)9-12/h2-9,15-16,18H,10H2,1H3. The Morgan fingerprint density at radius 3 is 2.85 bits per heavy atom. The summed E-state index contributed by atoms with van der Waals surface area (Å²) >= 11 is 5.38. The van der Waals surface area contributed by atoms with Crippen molar-refractivity contribution < 1.29 is 4.74 Å². The smallest absolute Gasteiger partial charge is 0.124 e. The van der Waals surface area contributed by atoms with Crippen molar-refractivity contribution in [3.63, 3.8) is 0 Å². The largest absolute Gasteiger partial charge is 0.492 e. The van der Waals surface area contributed by atoms with Gasteiger partial charge in [-0.3, -0.25) is 0 Å². The van der Waals surface area contributed by atoms with Crippen molar-refractivity contribution in [1.29, 1.82) is 0 Å². The first-order valence-corrected chi connectivity index (χ1v) is 8.26. The molecule has 2 unspecified atom stereocenters. The van der Waals surface area contributed by atoms with Gasteiger partial charge >= 0.3 is 0 Å². The van der Waals surface area contributed by atoms with E-state index in [2.05, 4.69) is 51.6 Å². The fourth-order valence-electron chi connectivity index (χ4n) is 2.50. The molecule has 1 heterocycles. The third-order valence-electron chi connectivity index (χ3n) is 3.42. The van der Waals surface area contributed by atoms with Crippen molar-refractivity contribution in [3.8, 4) is 5.75 Å². The molecule has 104 valence electrons. The van der Waals surface area contributed by atoms with Gasteiger partial charge < -0.3 is 10.1 Å². The molecule has 0 saturated heterocycles. The number of ether oxygens (including phenoxy) is 1. The van der Waals surface area contributed by atoms with Crippen molar-refractivity contribution in [2.24, 2.45) is 0 Å². The van der Waals surface area contributed by atoms with Gasteiger partial charge in [-0.1, -0.05) is 40.2 Å². The Kier molecular flexibility index (Phi) is 4.34. The Balaban J connectivity index is 1.84. The number of hydrogen-bond acceptors (Lipinski definition) is 3. The second kappa shape index (κ2) is 6.20. The van der Waals surface area contributed by atoms with Crippen molar-refractivity contribution in [2.45, 2.75) is 16.2 Å². The van der Waals surface area contributed by atoms with E-state index in [1.807, 2.05) is 37.0 Å². The first-order valence-electron chi connectivity index (χ1n) is 6.59. The van der Waals surface area contributed by atoms with Crippen LogP contribution < -0.4 is 10.1 Å². The molecule has 3 rings (SSSR count). The fourth-order valence-corrected chi connectivity index (χ4v) is 4.30. The summed E-state index contributed by atoms with van der Waals surface area (Å²) in [5, 5.41) is 3.80. The molecule has 20 heavy (non-hydrogen) atoms. The Morgan fingerprint density at radius 2 is 2.05 bits per heavy atom.